The lowest BCUT2D eigenvalue weighted by Crippen LogP contribution is -2.24. The molecule has 0 aliphatic heterocycles. The zero-order valence-corrected chi connectivity index (χ0v) is 15.0. The van der Waals surface area contributed by atoms with Crippen LogP contribution in [0.2, 0.25) is 10.0 Å². The maximum Gasteiger partial charge on any atom is 0.258 e. The molecule has 0 fully saturated rings. The summed E-state index contributed by atoms with van der Waals surface area (Å²) in [5.41, 5.74) is 2.03. The first-order chi connectivity index (χ1) is 12.1. The third-order valence-corrected chi connectivity index (χ3v) is 4.22. The Morgan fingerprint density at radius 3 is 2.76 bits per heavy atom. The van der Waals surface area contributed by atoms with E-state index in [1.807, 2.05) is 37.3 Å². The van der Waals surface area contributed by atoms with E-state index in [1.54, 1.807) is 24.4 Å². The average Bonchev–Trinajstić information content (AvgIpc) is 2.61. The molecule has 25 heavy (non-hydrogen) atoms. The quantitative estimate of drug-likeness (QED) is 0.662. The topological polar surface area (TPSA) is 51.2 Å². The molecule has 0 bridgehead atoms. The number of aromatic nitrogens is 1. The number of amides is 1. The number of nitrogens with one attached hydrogen (secondary N) is 1. The fourth-order valence-electron chi connectivity index (χ4n) is 2.51. The summed E-state index contributed by atoms with van der Waals surface area (Å²) in [6, 6.07) is 14.5. The number of rotatable bonds is 5. The maximum atomic E-state index is 12.7. The first kappa shape index (κ1) is 17.7. The molecule has 0 radical (unpaired) electrons. The first-order valence-electron chi connectivity index (χ1n) is 7.80. The Morgan fingerprint density at radius 2 is 2.00 bits per heavy atom. The number of fused-ring (bicyclic) bond motifs is 1. The Labute approximate surface area is 155 Å². The van der Waals surface area contributed by atoms with Gasteiger partial charge in [-0.1, -0.05) is 41.4 Å². The van der Waals surface area contributed by atoms with Crippen LogP contribution in [0.5, 0.6) is 0 Å². The first-order valence-corrected chi connectivity index (χ1v) is 8.56. The maximum absolute atomic E-state index is 12.7. The summed E-state index contributed by atoms with van der Waals surface area (Å²) in [4.78, 5) is 17.1. The van der Waals surface area contributed by atoms with Crippen LogP contribution in [-0.2, 0) is 9.53 Å². The number of ether oxygens (including phenoxy) is 1. The molecule has 4 nitrogen and oxygen atoms in total. The third-order valence-electron chi connectivity index (χ3n) is 3.67. The van der Waals surface area contributed by atoms with Crippen molar-refractivity contribution in [1.29, 1.82) is 0 Å². The van der Waals surface area contributed by atoms with Crippen molar-refractivity contribution in [1.82, 2.24) is 4.98 Å². The van der Waals surface area contributed by atoms with Crippen molar-refractivity contribution in [3.8, 4) is 0 Å². The Morgan fingerprint density at radius 1 is 1.20 bits per heavy atom. The Hall–Kier alpha value is -2.14. The number of pyridine rings is 1. The lowest BCUT2D eigenvalue weighted by atomic mass is 10.1. The molecule has 128 valence electrons. The molecule has 1 unspecified atom stereocenters. The van der Waals surface area contributed by atoms with Crippen LogP contribution < -0.4 is 5.32 Å². The number of hydrogen-bond donors (Lipinski definition) is 1. The van der Waals surface area contributed by atoms with Crippen LogP contribution in [0.3, 0.4) is 0 Å². The van der Waals surface area contributed by atoms with Crippen LogP contribution in [0.25, 0.3) is 10.9 Å². The Bertz CT molecular complexity index is 915. The standard InChI is InChI=1S/C19H16Cl2N2O2/c1-2-25-18(13-9-12-5-3-4-6-16(12)22-11-13)19(24)23-17-8-7-14(20)10-15(17)21/h3-11,18H,2H2,1H3,(H,23,24). The number of halogens is 2. The second-order valence-corrected chi connectivity index (χ2v) is 6.25. The van der Waals surface area contributed by atoms with Crippen LogP contribution in [0.1, 0.15) is 18.6 Å². The largest absolute Gasteiger partial charge is 0.364 e. The number of benzene rings is 2. The SMILES string of the molecule is CCOC(C(=O)Nc1ccc(Cl)cc1Cl)c1cnc2ccccc2c1. The monoisotopic (exact) mass is 374 g/mol. The van der Waals surface area contributed by atoms with Gasteiger partial charge in [-0.2, -0.15) is 0 Å². The van der Waals surface area contributed by atoms with E-state index in [0.29, 0.717) is 27.9 Å². The van der Waals surface area contributed by atoms with Gasteiger partial charge in [0.15, 0.2) is 6.10 Å². The van der Waals surface area contributed by atoms with Crippen molar-refractivity contribution in [3.63, 3.8) is 0 Å². The van der Waals surface area contributed by atoms with Gasteiger partial charge in [-0.05, 0) is 37.3 Å². The van der Waals surface area contributed by atoms with E-state index in [9.17, 15) is 4.79 Å². The second kappa shape index (κ2) is 7.83. The van der Waals surface area contributed by atoms with E-state index in [-0.39, 0.29) is 5.91 Å². The van der Waals surface area contributed by atoms with E-state index < -0.39 is 6.10 Å². The molecule has 0 spiro atoms. The molecule has 2 aromatic carbocycles. The minimum absolute atomic E-state index is 0.317. The number of carbonyl (C=O) groups is 1. The second-order valence-electron chi connectivity index (χ2n) is 5.41. The summed E-state index contributed by atoms with van der Waals surface area (Å²) in [5.74, 6) is -0.317. The van der Waals surface area contributed by atoms with E-state index >= 15 is 0 Å². The Balaban J connectivity index is 1.89. The number of hydrogen-bond acceptors (Lipinski definition) is 3. The van der Waals surface area contributed by atoms with Crippen LogP contribution in [0.4, 0.5) is 5.69 Å². The zero-order valence-electron chi connectivity index (χ0n) is 13.5. The van der Waals surface area contributed by atoms with E-state index in [4.69, 9.17) is 27.9 Å². The van der Waals surface area contributed by atoms with Gasteiger partial charge in [0.05, 0.1) is 16.2 Å². The van der Waals surface area contributed by atoms with Crippen molar-refractivity contribution in [2.24, 2.45) is 0 Å². The van der Waals surface area contributed by atoms with Crippen LogP contribution in [0.15, 0.2) is 54.7 Å². The summed E-state index contributed by atoms with van der Waals surface area (Å²) in [6.45, 7) is 2.23. The molecule has 1 atom stereocenters. The van der Waals surface area contributed by atoms with Crippen molar-refractivity contribution >= 4 is 45.7 Å². The number of anilines is 1. The fraction of sp³-hybridized carbons (Fsp3) is 0.158. The van der Waals surface area contributed by atoms with Gasteiger partial charge in [0.2, 0.25) is 0 Å². The van der Waals surface area contributed by atoms with Gasteiger partial charge >= 0.3 is 0 Å². The predicted octanol–water partition coefficient (Wildman–Crippen LogP) is 5.26. The van der Waals surface area contributed by atoms with Gasteiger partial charge in [0.1, 0.15) is 0 Å². The van der Waals surface area contributed by atoms with Gasteiger partial charge in [-0.3, -0.25) is 9.78 Å². The minimum atomic E-state index is -0.783. The molecule has 0 aliphatic rings. The molecule has 1 heterocycles. The summed E-state index contributed by atoms with van der Waals surface area (Å²) < 4.78 is 5.65. The lowest BCUT2D eigenvalue weighted by Gasteiger charge is -2.18. The highest BCUT2D eigenvalue weighted by atomic mass is 35.5. The normalized spacial score (nSPS) is 12.1. The van der Waals surface area contributed by atoms with Crippen LogP contribution >= 0.6 is 23.2 Å². The highest BCUT2D eigenvalue weighted by Crippen LogP contribution is 2.28. The summed E-state index contributed by atoms with van der Waals surface area (Å²) in [5, 5.41) is 4.60. The van der Waals surface area contributed by atoms with Gasteiger partial charge in [-0.25, -0.2) is 0 Å². The van der Waals surface area contributed by atoms with Gasteiger partial charge in [0, 0.05) is 28.8 Å². The van der Waals surface area contributed by atoms with E-state index in [2.05, 4.69) is 10.3 Å². The molecule has 6 heteroatoms. The number of carbonyl (C=O) groups excluding carboxylic acids is 1. The number of nitrogens with zero attached hydrogens (tertiary/aromatic N) is 1. The average molecular weight is 375 g/mol. The summed E-state index contributed by atoms with van der Waals surface area (Å²) in [7, 11) is 0. The highest BCUT2D eigenvalue weighted by Gasteiger charge is 2.22. The Kier molecular flexibility index (Phi) is 5.53. The molecular weight excluding hydrogens is 359 g/mol. The van der Waals surface area contributed by atoms with Gasteiger partial charge in [0.25, 0.3) is 5.91 Å². The zero-order chi connectivity index (χ0) is 17.8. The van der Waals surface area contributed by atoms with Crippen LogP contribution in [0, 0.1) is 0 Å². The fourth-order valence-corrected chi connectivity index (χ4v) is 2.97. The molecular formula is C19H16Cl2N2O2. The molecule has 0 aliphatic carbocycles. The highest BCUT2D eigenvalue weighted by molar-refractivity contribution is 6.36. The molecule has 3 aromatic rings. The summed E-state index contributed by atoms with van der Waals surface area (Å²) >= 11 is 12.0. The van der Waals surface area contributed by atoms with E-state index in [1.165, 1.54) is 0 Å². The smallest absolute Gasteiger partial charge is 0.258 e. The minimum Gasteiger partial charge on any atom is -0.364 e. The van der Waals surface area contributed by atoms with Crippen molar-refractivity contribution in [2.75, 3.05) is 11.9 Å². The van der Waals surface area contributed by atoms with Gasteiger partial charge in [-0.15, -0.1) is 0 Å². The molecule has 0 saturated carbocycles. The molecule has 1 N–H and O–H groups in total. The van der Waals surface area contributed by atoms with Crippen molar-refractivity contribution in [3.05, 3.63) is 70.3 Å². The molecule has 0 saturated heterocycles. The third kappa shape index (κ3) is 4.10. The van der Waals surface area contributed by atoms with E-state index in [0.717, 1.165) is 10.9 Å². The lowest BCUT2D eigenvalue weighted by molar-refractivity contribution is -0.127. The molecule has 1 aromatic heterocycles. The summed E-state index contributed by atoms with van der Waals surface area (Å²) in [6.07, 6.45) is 0.875. The van der Waals surface area contributed by atoms with Crippen molar-refractivity contribution in [2.45, 2.75) is 13.0 Å². The number of para-hydroxylation sites is 1. The van der Waals surface area contributed by atoms with Crippen molar-refractivity contribution < 1.29 is 9.53 Å². The molecule has 3 rings (SSSR count). The van der Waals surface area contributed by atoms with Crippen LogP contribution in [-0.4, -0.2) is 17.5 Å². The molecule has 1 amide bonds. The predicted molar refractivity (Wildman–Crippen MR) is 101 cm³/mol. The van der Waals surface area contributed by atoms with Gasteiger partial charge < -0.3 is 10.1 Å².